The molecule has 0 radical (unpaired) electrons. The molecule has 4 nitrogen and oxygen atoms in total. The average Bonchev–Trinajstić information content (AvgIpc) is 3.12. The van der Waals surface area contributed by atoms with Gasteiger partial charge in [-0.2, -0.15) is 0 Å². The van der Waals surface area contributed by atoms with E-state index in [-0.39, 0.29) is 5.91 Å². The highest BCUT2D eigenvalue weighted by Crippen LogP contribution is 2.35. The lowest BCUT2D eigenvalue weighted by Gasteiger charge is -2.26. The number of hydrogen-bond acceptors (Lipinski definition) is 3. The fraction of sp³-hybridized carbons (Fsp3) is 0.381. The number of amides is 1. The van der Waals surface area contributed by atoms with Crippen LogP contribution in [0.4, 0.5) is 11.4 Å². The summed E-state index contributed by atoms with van der Waals surface area (Å²) < 4.78 is 5.32. The van der Waals surface area contributed by atoms with Gasteiger partial charge in [0, 0.05) is 24.5 Å². The van der Waals surface area contributed by atoms with Crippen LogP contribution in [-0.4, -0.2) is 26.1 Å². The summed E-state index contributed by atoms with van der Waals surface area (Å²) in [5, 5.41) is 3.11. The van der Waals surface area contributed by atoms with Crippen LogP contribution < -0.4 is 15.0 Å². The van der Waals surface area contributed by atoms with Gasteiger partial charge in [0.2, 0.25) is 0 Å². The second-order valence-electron chi connectivity index (χ2n) is 6.71. The second kappa shape index (κ2) is 7.18. The highest BCUT2D eigenvalue weighted by molar-refractivity contribution is 6.07. The number of carbonyl (C=O) groups excluding carboxylic acids is 1. The van der Waals surface area contributed by atoms with Crippen molar-refractivity contribution in [2.75, 3.05) is 30.4 Å². The van der Waals surface area contributed by atoms with Crippen molar-refractivity contribution >= 4 is 17.3 Å². The van der Waals surface area contributed by atoms with Gasteiger partial charge in [-0.05, 0) is 62.4 Å². The van der Waals surface area contributed by atoms with Gasteiger partial charge in [-0.1, -0.05) is 18.2 Å². The minimum Gasteiger partial charge on any atom is -0.496 e. The summed E-state index contributed by atoms with van der Waals surface area (Å²) >= 11 is 0. The monoisotopic (exact) mass is 338 g/mol. The standard InChI is InChI=1S/C21H26N2O2/c1-14-13-15(2)20(23-11-7-8-12-23)16(3)19(14)22-21(24)17-9-5-6-10-18(17)25-4/h5-6,9-10,13H,7-8,11-12H2,1-4H3,(H,22,24). The Labute approximate surface area is 149 Å². The maximum Gasteiger partial charge on any atom is 0.259 e. The van der Waals surface area contributed by atoms with Crippen LogP contribution in [0.1, 0.15) is 39.9 Å². The van der Waals surface area contributed by atoms with Crippen LogP contribution in [0.2, 0.25) is 0 Å². The van der Waals surface area contributed by atoms with Crippen molar-refractivity contribution < 1.29 is 9.53 Å². The number of rotatable bonds is 4. The lowest BCUT2D eigenvalue weighted by molar-refractivity contribution is 0.102. The summed E-state index contributed by atoms with van der Waals surface area (Å²) in [5.74, 6) is 0.446. The molecule has 132 valence electrons. The lowest BCUT2D eigenvalue weighted by atomic mass is 10.0. The van der Waals surface area contributed by atoms with Crippen molar-refractivity contribution in [2.24, 2.45) is 0 Å². The molecule has 1 aliphatic heterocycles. The maximum absolute atomic E-state index is 12.8. The van der Waals surface area contributed by atoms with E-state index in [2.05, 4.69) is 30.1 Å². The van der Waals surface area contributed by atoms with Crippen molar-refractivity contribution in [1.29, 1.82) is 0 Å². The Kier molecular flexibility index (Phi) is 4.98. The number of nitrogens with zero attached hydrogens (tertiary/aromatic N) is 1. The van der Waals surface area contributed by atoms with Gasteiger partial charge in [0.15, 0.2) is 0 Å². The molecule has 2 aromatic carbocycles. The largest absolute Gasteiger partial charge is 0.496 e. The molecular weight excluding hydrogens is 312 g/mol. The highest BCUT2D eigenvalue weighted by atomic mass is 16.5. The van der Waals surface area contributed by atoms with E-state index in [1.54, 1.807) is 19.2 Å². The van der Waals surface area contributed by atoms with E-state index in [1.165, 1.54) is 24.1 Å². The zero-order chi connectivity index (χ0) is 18.0. The predicted molar refractivity (Wildman–Crippen MR) is 103 cm³/mol. The van der Waals surface area contributed by atoms with Gasteiger partial charge in [-0.3, -0.25) is 4.79 Å². The molecule has 1 aliphatic rings. The second-order valence-corrected chi connectivity index (χ2v) is 6.71. The highest BCUT2D eigenvalue weighted by Gasteiger charge is 2.21. The number of anilines is 2. The SMILES string of the molecule is COc1ccccc1C(=O)Nc1c(C)cc(C)c(N2CCCC2)c1C. The molecule has 1 heterocycles. The molecule has 4 heteroatoms. The van der Waals surface area contributed by atoms with Gasteiger partial charge in [-0.25, -0.2) is 0 Å². The molecule has 1 N–H and O–H groups in total. The van der Waals surface area contributed by atoms with E-state index >= 15 is 0 Å². The van der Waals surface area contributed by atoms with Gasteiger partial charge in [0.25, 0.3) is 5.91 Å². The molecule has 0 spiro atoms. The Bertz CT molecular complexity index is 793. The summed E-state index contributed by atoms with van der Waals surface area (Å²) in [6.45, 7) is 8.48. The van der Waals surface area contributed by atoms with Crippen molar-refractivity contribution in [3.8, 4) is 5.75 Å². The molecule has 0 aromatic heterocycles. The minimum atomic E-state index is -0.139. The summed E-state index contributed by atoms with van der Waals surface area (Å²) in [6.07, 6.45) is 2.46. The third-order valence-corrected chi connectivity index (χ3v) is 4.94. The number of benzene rings is 2. The predicted octanol–water partition coefficient (Wildman–Crippen LogP) is 4.47. The number of ether oxygens (including phenoxy) is 1. The zero-order valence-corrected chi connectivity index (χ0v) is 15.5. The molecule has 0 saturated carbocycles. The summed E-state index contributed by atoms with van der Waals surface area (Å²) in [5.41, 5.74) is 6.21. The first-order chi connectivity index (χ1) is 12.0. The van der Waals surface area contributed by atoms with E-state index in [4.69, 9.17) is 4.74 Å². The molecule has 1 fully saturated rings. The third kappa shape index (κ3) is 3.34. The number of aryl methyl sites for hydroxylation is 2. The smallest absolute Gasteiger partial charge is 0.259 e. The molecular formula is C21H26N2O2. The van der Waals surface area contributed by atoms with Crippen molar-refractivity contribution in [3.63, 3.8) is 0 Å². The molecule has 1 saturated heterocycles. The first kappa shape index (κ1) is 17.3. The van der Waals surface area contributed by atoms with E-state index < -0.39 is 0 Å². The molecule has 3 rings (SSSR count). The number of para-hydroxylation sites is 1. The van der Waals surface area contributed by atoms with E-state index in [0.717, 1.165) is 29.9 Å². The topological polar surface area (TPSA) is 41.6 Å². The van der Waals surface area contributed by atoms with E-state index in [9.17, 15) is 4.79 Å². The normalized spacial score (nSPS) is 13.8. The fourth-order valence-electron chi connectivity index (χ4n) is 3.81. The molecule has 1 amide bonds. The Morgan fingerprint density at radius 2 is 1.76 bits per heavy atom. The first-order valence-electron chi connectivity index (χ1n) is 8.83. The molecule has 0 unspecified atom stereocenters. The quantitative estimate of drug-likeness (QED) is 0.894. The van der Waals surface area contributed by atoms with E-state index in [0.29, 0.717) is 11.3 Å². The summed E-state index contributed by atoms with van der Waals surface area (Å²) in [6, 6.07) is 9.47. The van der Waals surface area contributed by atoms with Crippen LogP contribution in [0, 0.1) is 20.8 Å². The molecule has 2 aromatic rings. The Hall–Kier alpha value is -2.49. The number of hydrogen-bond donors (Lipinski definition) is 1. The molecule has 0 atom stereocenters. The summed E-state index contributed by atoms with van der Waals surface area (Å²) in [7, 11) is 1.58. The number of carbonyl (C=O) groups is 1. The lowest BCUT2D eigenvalue weighted by Crippen LogP contribution is -2.22. The molecule has 0 bridgehead atoms. The van der Waals surface area contributed by atoms with Crippen LogP contribution in [0.3, 0.4) is 0 Å². The van der Waals surface area contributed by atoms with Crippen LogP contribution in [-0.2, 0) is 0 Å². The van der Waals surface area contributed by atoms with Gasteiger partial charge >= 0.3 is 0 Å². The van der Waals surface area contributed by atoms with Crippen molar-refractivity contribution in [2.45, 2.75) is 33.6 Å². The van der Waals surface area contributed by atoms with Gasteiger partial charge in [-0.15, -0.1) is 0 Å². The third-order valence-electron chi connectivity index (χ3n) is 4.94. The number of nitrogens with one attached hydrogen (secondary N) is 1. The van der Waals surface area contributed by atoms with Gasteiger partial charge < -0.3 is 15.0 Å². The van der Waals surface area contributed by atoms with Crippen molar-refractivity contribution in [3.05, 3.63) is 52.6 Å². The molecule has 0 aliphatic carbocycles. The Balaban J connectivity index is 1.97. The molecule has 25 heavy (non-hydrogen) atoms. The Morgan fingerprint density at radius 1 is 1.08 bits per heavy atom. The van der Waals surface area contributed by atoms with Crippen molar-refractivity contribution in [1.82, 2.24) is 0 Å². The fourth-order valence-corrected chi connectivity index (χ4v) is 3.81. The zero-order valence-electron chi connectivity index (χ0n) is 15.5. The first-order valence-corrected chi connectivity index (χ1v) is 8.83. The van der Waals surface area contributed by atoms with Gasteiger partial charge in [0.05, 0.1) is 12.7 Å². The number of methoxy groups -OCH3 is 1. The minimum absolute atomic E-state index is 0.139. The van der Waals surface area contributed by atoms with E-state index in [1.807, 2.05) is 19.1 Å². The van der Waals surface area contributed by atoms with Crippen LogP contribution in [0.5, 0.6) is 5.75 Å². The van der Waals surface area contributed by atoms with Crippen LogP contribution >= 0.6 is 0 Å². The van der Waals surface area contributed by atoms with Crippen LogP contribution in [0.25, 0.3) is 0 Å². The Morgan fingerprint density at radius 3 is 2.44 bits per heavy atom. The van der Waals surface area contributed by atoms with Gasteiger partial charge in [0.1, 0.15) is 5.75 Å². The summed E-state index contributed by atoms with van der Waals surface area (Å²) in [4.78, 5) is 15.2. The average molecular weight is 338 g/mol. The van der Waals surface area contributed by atoms with Crippen LogP contribution in [0.15, 0.2) is 30.3 Å². The maximum atomic E-state index is 12.8.